The van der Waals surface area contributed by atoms with Gasteiger partial charge < -0.3 is 10.2 Å². The Kier molecular flexibility index (Phi) is 3.84. The zero-order valence-corrected chi connectivity index (χ0v) is 12.6. The summed E-state index contributed by atoms with van der Waals surface area (Å²) in [6.45, 7) is 8.85. The first kappa shape index (κ1) is 14.6. The Bertz CT molecular complexity index is 514. The quantitative estimate of drug-likeness (QED) is 0.894. The third-order valence-corrected chi connectivity index (χ3v) is 3.59. The molecule has 1 aromatic rings. The second-order valence-corrected chi connectivity index (χ2v) is 6.43. The summed E-state index contributed by atoms with van der Waals surface area (Å²) < 4.78 is 0. The molecule has 4 nitrogen and oxygen atoms in total. The summed E-state index contributed by atoms with van der Waals surface area (Å²) in [5.41, 5.74) is 2.43. The van der Waals surface area contributed by atoms with Crippen LogP contribution in [0.5, 0.6) is 0 Å². The number of rotatable bonds is 2. The van der Waals surface area contributed by atoms with E-state index in [-0.39, 0.29) is 23.8 Å². The van der Waals surface area contributed by atoms with Crippen LogP contribution in [0.15, 0.2) is 24.3 Å². The molecule has 20 heavy (non-hydrogen) atoms. The lowest BCUT2D eigenvalue weighted by atomic mass is 9.87. The van der Waals surface area contributed by atoms with Crippen molar-refractivity contribution in [3.8, 4) is 0 Å². The maximum atomic E-state index is 12.0. The molecule has 1 saturated heterocycles. The average Bonchev–Trinajstić information content (AvgIpc) is 2.35. The topological polar surface area (TPSA) is 49.4 Å². The van der Waals surface area contributed by atoms with E-state index in [9.17, 15) is 9.59 Å². The number of benzene rings is 1. The zero-order valence-electron chi connectivity index (χ0n) is 12.6. The molecule has 1 atom stereocenters. The van der Waals surface area contributed by atoms with Gasteiger partial charge in [-0.1, -0.05) is 45.0 Å². The highest BCUT2D eigenvalue weighted by atomic mass is 16.2. The van der Waals surface area contributed by atoms with Crippen molar-refractivity contribution in [2.24, 2.45) is 0 Å². The third kappa shape index (κ3) is 3.18. The summed E-state index contributed by atoms with van der Waals surface area (Å²) in [4.78, 5) is 25.1. The third-order valence-electron chi connectivity index (χ3n) is 3.59. The lowest BCUT2D eigenvalue weighted by Gasteiger charge is -2.31. The average molecular weight is 274 g/mol. The number of nitrogens with one attached hydrogen (secondary N) is 1. The second-order valence-electron chi connectivity index (χ2n) is 6.43. The minimum absolute atomic E-state index is 0.0236. The van der Waals surface area contributed by atoms with Crippen molar-refractivity contribution in [3.63, 3.8) is 0 Å². The van der Waals surface area contributed by atoms with Gasteiger partial charge in [0.15, 0.2) is 0 Å². The van der Waals surface area contributed by atoms with Crippen molar-refractivity contribution in [2.75, 3.05) is 6.54 Å². The molecule has 1 N–H and O–H groups in total. The van der Waals surface area contributed by atoms with Gasteiger partial charge in [0, 0.05) is 6.54 Å². The maximum absolute atomic E-state index is 12.0. The Hall–Kier alpha value is -1.84. The number of amides is 2. The predicted molar refractivity (Wildman–Crippen MR) is 78.2 cm³/mol. The van der Waals surface area contributed by atoms with Crippen LogP contribution >= 0.6 is 0 Å². The highest BCUT2D eigenvalue weighted by Gasteiger charge is 2.29. The molecule has 0 aliphatic carbocycles. The number of hydrogen-bond acceptors (Lipinski definition) is 2. The van der Waals surface area contributed by atoms with Crippen LogP contribution in [0.4, 0.5) is 0 Å². The highest BCUT2D eigenvalue weighted by Crippen LogP contribution is 2.22. The van der Waals surface area contributed by atoms with Gasteiger partial charge in [0.05, 0.1) is 6.54 Å². The molecule has 0 spiro atoms. The Labute approximate surface area is 120 Å². The molecule has 0 aromatic heterocycles. The Morgan fingerprint density at radius 3 is 2.35 bits per heavy atom. The van der Waals surface area contributed by atoms with E-state index in [0.717, 1.165) is 5.56 Å². The molecular formula is C16H22N2O2. The minimum atomic E-state index is -0.426. The molecule has 2 amide bonds. The molecule has 1 aliphatic heterocycles. The summed E-state index contributed by atoms with van der Waals surface area (Å²) in [5.74, 6) is -0.118. The fourth-order valence-electron chi connectivity index (χ4n) is 2.34. The van der Waals surface area contributed by atoms with Crippen molar-refractivity contribution in [1.29, 1.82) is 0 Å². The Balaban J connectivity index is 2.10. The predicted octanol–water partition coefficient (Wildman–Crippen LogP) is 1.83. The molecule has 1 fully saturated rings. The van der Waals surface area contributed by atoms with Crippen LogP contribution in [0.1, 0.15) is 38.8 Å². The van der Waals surface area contributed by atoms with Crippen molar-refractivity contribution in [1.82, 2.24) is 10.2 Å². The first-order valence-electron chi connectivity index (χ1n) is 6.95. The van der Waals surface area contributed by atoms with Gasteiger partial charge in [-0.25, -0.2) is 0 Å². The normalized spacial score (nSPS) is 20.0. The van der Waals surface area contributed by atoms with E-state index < -0.39 is 6.04 Å². The summed E-state index contributed by atoms with van der Waals surface area (Å²) in [5, 5.41) is 2.64. The van der Waals surface area contributed by atoms with Crippen LogP contribution in [0.25, 0.3) is 0 Å². The lowest BCUT2D eigenvalue weighted by molar-refractivity contribution is -0.144. The van der Waals surface area contributed by atoms with E-state index in [1.165, 1.54) is 5.56 Å². The van der Waals surface area contributed by atoms with Gasteiger partial charge in [0.2, 0.25) is 11.8 Å². The largest absolute Gasteiger partial charge is 0.343 e. The van der Waals surface area contributed by atoms with E-state index >= 15 is 0 Å². The molecule has 0 saturated carbocycles. The lowest BCUT2D eigenvalue weighted by Crippen LogP contribution is -2.56. The SMILES string of the molecule is CC1NC(=O)CN(Cc2ccc(C(C)(C)C)cc2)C1=O. The van der Waals surface area contributed by atoms with E-state index in [4.69, 9.17) is 0 Å². The molecule has 1 aromatic carbocycles. The molecule has 2 rings (SSSR count). The van der Waals surface area contributed by atoms with Crippen molar-refractivity contribution in [2.45, 2.75) is 45.7 Å². The minimum Gasteiger partial charge on any atom is -0.343 e. The number of carbonyl (C=O) groups excluding carboxylic acids is 2. The molecule has 1 heterocycles. The fourth-order valence-corrected chi connectivity index (χ4v) is 2.34. The van der Waals surface area contributed by atoms with Gasteiger partial charge in [0.25, 0.3) is 0 Å². The van der Waals surface area contributed by atoms with Gasteiger partial charge in [0.1, 0.15) is 6.04 Å². The van der Waals surface area contributed by atoms with Crippen LogP contribution in [-0.2, 0) is 21.5 Å². The van der Waals surface area contributed by atoms with Crippen LogP contribution in [0.3, 0.4) is 0 Å². The molecule has 1 aliphatic rings. The van der Waals surface area contributed by atoms with Gasteiger partial charge in [-0.05, 0) is 23.5 Å². The molecule has 0 bridgehead atoms. The summed E-state index contributed by atoms with van der Waals surface area (Å²) in [6, 6.07) is 7.82. The molecular weight excluding hydrogens is 252 g/mol. The van der Waals surface area contributed by atoms with Gasteiger partial charge in [-0.3, -0.25) is 9.59 Å². The second kappa shape index (κ2) is 5.27. The highest BCUT2D eigenvalue weighted by molar-refractivity contribution is 5.94. The Morgan fingerprint density at radius 1 is 1.20 bits per heavy atom. The Morgan fingerprint density at radius 2 is 1.80 bits per heavy atom. The van der Waals surface area contributed by atoms with Gasteiger partial charge in [-0.15, -0.1) is 0 Å². The van der Waals surface area contributed by atoms with E-state index in [1.807, 2.05) is 12.1 Å². The molecule has 108 valence electrons. The van der Waals surface area contributed by atoms with Crippen molar-refractivity contribution < 1.29 is 9.59 Å². The van der Waals surface area contributed by atoms with Crippen LogP contribution in [0.2, 0.25) is 0 Å². The number of hydrogen-bond donors (Lipinski definition) is 1. The number of carbonyl (C=O) groups is 2. The standard InChI is InChI=1S/C16H22N2O2/c1-11-15(20)18(10-14(19)17-11)9-12-5-7-13(8-6-12)16(2,3)4/h5-8,11H,9-10H2,1-4H3,(H,17,19). The molecule has 4 heteroatoms. The fraction of sp³-hybridized carbons (Fsp3) is 0.500. The van der Waals surface area contributed by atoms with E-state index in [1.54, 1.807) is 11.8 Å². The maximum Gasteiger partial charge on any atom is 0.245 e. The molecule has 0 radical (unpaired) electrons. The van der Waals surface area contributed by atoms with Crippen LogP contribution in [-0.4, -0.2) is 29.3 Å². The van der Waals surface area contributed by atoms with Gasteiger partial charge >= 0.3 is 0 Å². The smallest absolute Gasteiger partial charge is 0.245 e. The summed E-state index contributed by atoms with van der Waals surface area (Å²) in [6.07, 6.45) is 0. The number of piperazine rings is 1. The first-order chi connectivity index (χ1) is 9.27. The molecule has 1 unspecified atom stereocenters. The van der Waals surface area contributed by atoms with Crippen LogP contribution in [0, 0.1) is 0 Å². The first-order valence-corrected chi connectivity index (χ1v) is 6.95. The van der Waals surface area contributed by atoms with Crippen molar-refractivity contribution in [3.05, 3.63) is 35.4 Å². The van der Waals surface area contributed by atoms with Crippen LogP contribution < -0.4 is 5.32 Å². The van der Waals surface area contributed by atoms with E-state index in [2.05, 4.69) is 38.2 Å². The van der Waals surface area contributed by atoms with Gasteiger partial charge in [-0.2, -0.15) is 0 Å². The monoisotopic (exact) mass is 274 g/mol. The number of nitrogens with zero attached hydrogens (tertiary/aromatic N) is 1. The van der Waals surface area contributed by atoms with E-state index in [0.29, 0.717) is 6.54 Å². The summed E-state index contributed by atoms with van der Waals surface area (Å²) >= 11 is 0. The zero-order chi connectivity index (χ0) is 14.9. The summed E-state index contributed by atoms with van der Waals surface area (Å²) in [7, 11) is 0. The van der Waals surface area contributed by atoms with Crippen molar-refractivity contribution >= 4 is 11.8 Å².